The number of hydrogen-bond acceptors (Lipinski definition) is 7. The number of benzene rings is 2. The first-order valence-electron chi connectivity index (χ1n) is 16.3. The highest BCUT2D eigenvalue weighted by Gasteiger charge is 2.28. The van der Waals surface area contributed by atoms with Crippen LogP contribution in [0.5, 0.6) is 0 Å². The molecule has 3 aliphatic rings. The number of rotatable bonds is 8. The number of piperidine rings is 2. The summed E-state index contributed by atoms with van der Waals surface area (Å²) in [5, 5.41) is 8.64. The Kier molecular flexibility index (Phi) is 7.96. The number of nitrogens with two attached hydrogens (primary N) is 1. The topological polar surface area (TPSA) is 99.7 Å². The van der Waals surface area contributed by atoms with Crippen molar-refractivity contribution < 1.29 is 11.2 Å². The number of fused-ring (bicyclic) bond motifs is 1. The van der Waals surface area contributed by atoms with Gasteiger partial charge in [0.05, 0.1) is 18.4 Å². The van der Waals surface area contributed by atoms with Crippen molar-refractivity contribution in [3.63, 3.8) is 0 Å². The van der Waals surface area contributed by atoms with E-state index in [1.54, 1.807) is 33.6 Å². The molecule has 3 N–H and O–H groups in total. The SMILES string of the molecule is [2H]C1C=CN(c2nn(C)c3cc(C4CCN(CC(C)Cc5ccc(S(=O)(=O)N6CCC(N)CC6)cc5)CC4)ccc23)C([2H])N1. The van der Waals surface area contributed by atoms with Gasteiger partial charge in [-0.15, -0.1) is 0 Å². The molecule has 4 heterocycles. The number of nitrogens with one attached hydrogen (secondary N) is 1. The highest BCUT2D eigenvalue weighted by Crippen LogP contribution is 2.33. The molecular weight excluding hydrogens is 546 g/mol. The fraction of sp³-hybridized carbons (Fsp3) is 0.531. The molecule has 0 bridgehead atoms. The number of likely N-dealkylation sites (tertiary alicyclic amines) is 1. The van der Waals surface area contributed by atoms with E-state index in [0.29, 0.717) is 42.7 Å². The fourth-order valence-electron chi connectivity index (χ4n) is 6.61. The highest BCUT2D eigenvalue weighted by molar-refractivity contribution is 7.89. The van der Waals surface area contributed by atoms with Crippen LogP contribution in [0.1, 0.15) is 52.4 Å². The molecule has 10 heteroatoms. The zero-order valence-electron chi connectivity index (χ0n) is 26.7. The van der Waals surface area contributed by atoms with Crippen LogP contribution in [0.25, 0.3) is 10.9 Å². The molecule has 3 aliphatic heterocycles. The fourth-order valence-corrected chi connectivity index (χ4v) is 8.08. The van der Waals surface area contributed by atoms with E-state index in [-0.39, 0.29) is 6.04 Å². The normalized spacial score (nSPS) is 25.1. The summed E-state index contributed by atoms with van der Waals surface area (Å²) in [5.74, 6) is 1.70. The van der Waals surface area contributed by atoms with E-state index < -0.39 is 23.2 Å². The van der Waals surface area contributed by atoms with E-state index in [1.165, 1.54) is 11.1 Å². The zero-order chi connectivity index (χ0) is 31.0. The Balaban J connectivity index is 1.02. The van der Waals surface area contributed by atoms with Gasteiger partial charge in [-0.1, -0.05) is 31.2 Å². The summed E-state index contributed by atoms with van der Waals surface area (Å²) in [6.07, 6.45) is 8.07. The van der Waals surface area contributed by atoms with Crippen molar-refractivity contribution in [1.82, 2.24) is 24.3 Å². The lowest BCUT2D eigenvalue weighted by Gasteiger charge is -2.34. The van der Waals surface area contributed by atoms with Crippen LogP contribution in [0.3, 0.4) is 0 Å². The lowest BCUT2D eigenvalue weighted by atomic mass is 9.88. The minimum atomic E-state index is -3.46. The summed E-state index contributed by atoms with van der Waals surface area (Å²) in [4.78, 5) is 4.70. The van der Waals surface area contributed by atoms with Crippen LogP contribution in [0.2, 0.25) is 0 Å². The molecule has 1 aromatic heterocycles. The first-order chi connectivity index (χ1) is 21.1. The number of aryl methyl sites for hydroxylation is 1. The molecule has 3 aromatic rings. The van der Waals surface area contributed by atoms with Crippen LogP contribution in [0.15, 0.2) is 59.6 Å². The van der Waals surface area contributed by atoms with Gasteiger partial charge in [-0.3, -0.25) is 10.00 Å². The van der Waals surface area contributed by atoms with Crippen molar-refractivity contribution in [1.29, 1.82) is 0 Å². The van der Waals surface area contributed by atoms with Crippen molar-refractivity contribution in [2.24, 2.45) is 18.7 Å². The second-order valence-corrected chi connectivity index (χ2v) is 14.1. The number of aromatic nitrogens is 2. The monoisotopic (exact) mass is 593 g/mol. The van der Waals surface area contributed by atoms with Gasteiger partial charge in [0.15, 0.2) is 5.82 Å². The van der Waals surface area contributed by atoms with Crippen molar-refractivity contribution in [2.75, 3.05) is 50.8 Å². The number of anilines is 1. The molecule has 0 saturated carbocycles. The van der Waals surface area contributed by atoms with Gasteiger partial charge in [0.25, 0.3) is 0 Å². The molecule has 2 fully saturated rings. The molecule has 9 nitrogen and oxygen atoms in total. The van der Waals surface area contributed by atoms with E-state index >= 15 is 0 Å². The summed E-state index contributed by atoms with van der Waals surface area (Å²) in [7, 11) is -1.51. The van der Waals surface area contributed by atoms with Gasteiger partial charge in [-0.2, -0.15) is 9.40 Å². The predicted octanol–water partition coefficient (Wildman–Crippen LogP) is 3.62. The molecule has 42 heavy (non-hydrogen) atoms. The summed E-state index contributed by atoms with van der Waals surface area (Å²) >= 11 is 0. The molecule has 3 atom stereocenters. The molecule has 3 unspecified atom stereocenters. The Hall–Kier alpha value is -2.76. The maximum Gasteiger partial charge on any atom is 0.243 e. The minimum Gasteiger partial charge on any atom is -0.328 e. The Morgan fingerprint density at radius 2 is 1.81 bits per heavy atom. The number of hydrogen-bond donors (Lipinski definition) is 2. The number of nitrogens with zero attached hydrogens (tertiary/aromatic N) is 5. The molecule has 6 rings (SSSR count). The van der Waals surface area contributed by atoms with Gasteiger partial charge in [0.2, 0.25) is 10.0 Å². The third-order valence-electron chi connectivity index (χ3n) is 9.03. The van der Waals surface area contributed by atoms with E-state index in [0.717, 1.165) is 55.6 Å². The van der Waals surface area contributed by atoms with Crippen molar-refractivity contribution >= 4 is 26.7 Å². The van der Waals surface area contributed by atoms with Crippen LogP contribution < -0.4 is 16.0 Å². The average Bonchev–Trinajstić information content (AvgIpc) is 3.33. The maximum atomic E-state index is 13.0. The maximum absolute atomic E-state index is 13.0. The summed E-state index contributed by atoms with van der Waals surface area (Å²) in [6, 6.07) is 14.2. The van der Waals surface area contributed by atoms with E-state index in [9.17, 15) is 8.42 Å². The Morgan fingerprint density at radius 1 is 1.07 bits per heavy atom. The first-order valence-corrected chi connectivity index (χ1v) is 16.6. The predicted molar refractivity (Wildman–Crippen MR) is 169 cm³/mol. The van der Waals surface area contributed by atoms with Crippen molar-refractivity contribution in [3.8, 4) is 0 Å². The zero-order valence-corrected chi connectivity index (χ0v) is 25.5. The molecule has 0 aliphatic carbocycles. The van der Waals surface area contributed by atoms with Crippen LogP contribution >= 0.6 is 0 Å². The second kappa shape index (κ2) is 12.5. The lowest BCUT2D eigenvalue weighted by Crippen LogP contribution is -2.42. The Labute approximate surface area is 253 Å². The molecule has 0 radical (unpaired) electrons. The van der Waals surface area contributed by atoms with Gasteiger partial charge < -0.3 is 15.5 Å². The Bertz CT molecular complexity index is 1580. The van der Waals surface area contributed by atoms with E-state index in [4.69, 9.17) is 13.6 Å². The third kappa shape index (κ3) is 6.28. The summed E-state index contributed by atoms with van der Waals surface area (Å²) in [5.41, 5.74) is 9.52. The van der Waals surface area contributed by atoms with Crippen molar-refractivity contribution in [2.45, 2.75) is 55.9 Å². The second-order valence-electron chi connectivity index (χ2n) is 12.2. The molecule has 0 amide bonds. The van der Waals surface area contributed by atoms with Crippen LogP contribution in [0.4, 0.5) is 5.82 Å². The molecule has 2 aromatic carbocycles. The van der Waals surface area contributed by atoms with E-state index in [1.807, 2.05) is 23.9 Å². The van der Waals surface area contributed by atoms with E-state index in [2.05, 4.69) is 35.3 Å². The Morgan fingerprint density at radius 3 is 2.52 bits per heavy atom. The standard InChI is InChI=1S/C32H45N7O2S/c1-24(20-25-4-7-29(8-5-25)42(40,41)39-18-12-28(33)13-19-39)22-37-16-10-26(11-17-37)27-6-9-30-31(21-27)36(2)35-32(30)38-15-3-14-34-23-38/h3-9,15,21,24,26,28,34H,10-14,16-20,22-23,33H2,1-2H3/i14D,23D. The smallest absolute Gasteiger partial charge is 0.243 e. The molecule has 2 saturated heterocycles. The van der Waals surface area contributed by atoms with Crippen molar-refractivity contribution in [3.05, 3.63) is 65.9 Å². The minimum absolute atomic E-state index is 0.0963. The summed E-state index contributed by atoms with van der Waals surface area (Å²) < 4.78 is 45.7. The van der Waals surface area contributed by atoms with Crippen LogP contribution in [-0.4, -0.2) is 79.3 Å². The van der Waals surface area contributed by atoms with Crippen LogP contribution in [0, 0.1) is 5.92 Å². The number of sulfonamides is 1. The first kappa shape index (κ1) is 26.8. The van der Waals surface area contributed by atoms with Gasteiger partial charge in [0, 0.05) is 52.2 Å². The van der Waals surface area contributed by atoms with Gasteiger partial charge in [-0.05, 0) is 92.4 Å². The quantitative estimate of drug-likeness (QED) is 0.412. The third-order valence-corrected chi connectivity index (χ3v) is 10.9. The highest BCUT2D eigenvalue weighted by atomic mass is 32.2. The molecular formula is C32H45N7O2S. The van der Waals surface area contributed by atoms with Gasteiger partial charge >= 0.3 is 0 Å². The van der Waals surface area contributed by atoms with Gasteiger partial charge in [0.1, 0.15) is 0 Å². The average molecular weight is 594 g/mol. The molecule has 0 spiro atoms. The molecule has 226 valence electrons. The van der Waals surface area contributed by atoms with Crippen LogP contribution in [-0.2, 0) is 23.5 Å². The van der Waals surface area contributed by atoms with Gasteiger partial charge in [-0.25, -0.2) is 8.42 Å². The lowest BCUT2D eigenvalue weighted by molar-refractivity contribution is 0.187. The summed E-state index contributed by atoms with van der Waals surface area (Å²) in [6.45, 7) is 5.08. The largest absolute Gasteiger partial charge is 0.328 e.